The van der Waals surface area contributed by atoms with Crippen LogP contribution < -0.4 is 10.2 Å². The Kier molecular flexibility index (Phi) is 5.16. The first kappa shape index (κ1) is 14.3. The molecule has 19 heavy (non-hydrogen) atoms. The van der Waals surface area contributed by atoms with E-state index in [2.05, 4.69) is 54.3 Å². The quantitative estimate of drug-likeness (QED) is 0.780. The number of ether oxygens (including phenoxy) is 1. The van der Waals surface area contributed by atoms with Gasteiger partial charge in [0.25, 0.3) is 0 Å². The van der Waals surface area contributed by atoms with E-state index < -0.39 is 0 Å². The number of aromatic nitrogens is 1. The van der Waals surface area contributed by atoms with E-state index in [-0.39, 0.29) is 6.10 Å². The Bertz CT molecular complexity index is 391. The highest BCUT2D eigenvalue weighted by molar-refractivity contribution is 5.38. The van der Waals surface area contributed by atoms with E-state index in [9.17, 15) is 0 Å². The topological polar surface area (TPSA) is 37.4 Å². The summed E-state index contributed by atoms with van der Waals surface area (Å²) in [6, 6.07) is 6.93. The van der Waals surface area contributed by atoms with Gasteiger partial charge in [-0.25, -0.2) is 4.98 Å². The molecule has 0 amide bonds. The Morgan fingerprint density at radius 1 is 1.42 bits per heavy atom. The van der Waals surface area contributed by atoms with Crippen LogP contribution in [0.15, 0.2) is 18.2 Å². The molecular formula is C15H25N3O. The normalized spacial score (nSPS) is 14.9. The van der Waals surface area contributed by atoms with Crippen LogP contribution in [0.3, 0.4) is 0 Å². The van der Waals surface area contributed by atoms with Crippen LogP contribution in [0.4, 0.5) is 5.82 Å². The zero-order chi connectivity index (χ0) is 13.7. The number of hydrogen-bond acceptors (Lipinski definition) is 4. The van der Waals surface area contributed by atoms with Crippen molar-refractivity contribution in [1.82, 2.24) is 10.3 Å². The Hall–Kier alpha value is -1.13. The predicted molar refractivity (Wildman–Crippen MR) is 78.5 cm³/mol. The number of hydrogen-bond donors (Lipinski definition) is 1. The highest BCUT2D eigenvalue weighted by Gasteiger charge is 2.20. The predicted octanol–water partition coefficient (Wildman–Crippen LogP) is 2.19. The first-order valence-corrected chi connectivity index (χ1v) is 7.17. The molecule has 1 fully saturated rings. The van der Waals surface area contributed by atoms with Gasteiger partial charge in [-0.2, -0.15) is 0 Å². The van der Waals surface area contributed by atoms with Crippen molar-refractivity contribution in [1.29, 1.82) is 0 Å². The summed E-state index contributed by atoms with van der Waals surface area (Å²) in [4.78, 5) is 6.82. The van der Waals surface area contributed by atoms with Crippen LogP contribution in [0.2, 0.25) is 0 Å². The summed E-state index contributed by atoms with van der Waals surface area (Å²) in [7, 11) is 2.06. The Morgan fingerprint density at radius 2 is 2.21 bits per heavy atom. The molecule has 0 aromatic carbocycles. The van der Waals surface area contributed by atoms with Crippen LogP contribution in [-0.2, 0) is 11.3 Å². The van der Waals surface area contributed by atoms with Gasteiger partial charge in [-0.1, -0.05) is 6.07 Å². The van der Waals surface area contributed by atoms with Crippen molar-refractivity contribution < 1.29 is 4.74 Å². The van der Waals surface area contributed by atoms with Gasteiger partial charge in [0, 0.05) is 26.2 Å². The van der Waals surface area contributed by atoms with E-state index in [0.717, 1.165) is 37.3 Å². The van der Waals surface area contributed by atoms with E-state index in [1.165, 1.54) is 12.8 Å². The fraction of sp³-hybridized carbons (Fsp3) is 0.667. The van der Waals surface area contributed by atoms with Crippen LogP contribution in [0.25, 0.3) is 0 Å². The molecule has 0 unspecified atom stereocenters. The summed E-state index contributed by atoms with van der Waals surface area (Å²) in [5.41, 5.74) is 1.11. The van der Waals surface area contributed by atoms with Gasteiger partial charge < -0.3 is 15.0 Å². The first-order chi connectivity index (χ1) is 9.15. The lowest BCUT2D eigenvalue weighted by atomic mass is 10.3. The molecule has 4 nitrogen and oxygen atoms in total. The number of anilines is 1. The largest absolute Gasteiger partial charge is 0.377 e. The molecule has 1 aliphatic rings. The van der Waals surface area contributed by atoms with Crippen molar-refractivity contribution in [2.45, 2.75) is 45.4 Å². The molecule has 0 bridgehead atoms. The molecule has 106 valence electrons. The maximum absolute atomic E-state index is 5.57. The zero-order valence-corrected chi connectivity index (χ0v) is 12.2. The van der Waals surface area contributed by atoms with Gasteiger partial charge in [0.1, 0.15) is 5.82 Å². The lowest BCUT2D eigenvalue weighted by molar-refractivity contribution is 0.0845. The average Bonchev–Trinajstić information content (AvgIpc) is 3.20. The number of rotatable bonds is 8. The summed E-state index contributed by atoms with van der Waals surface area (Å²) in [5, 5.41) is 3.49. The lowest BCUT2D eigenvalue weighted by Crippen LogP contribution is -2.25. The summed E-state index contributed by atoms with van der Waals surface area (Å²) in [6.07, 6.45) is 2.91. The molecule has 2 rings (SSSR count). The molecule has 1 aliphatic carbocycles. The second kappa shape index (κ2) is 6.87. The number of likely N-dealkylation sites (N-methyl/N-ethyl adjacent to an activating group) is 1. The second-order valence-electron chi connectivity index (χ2n) is 5.48. The van der Waals surface area contributed by atoms with E-state index in [1.54, 1.807) is 0 Å². The summed E-state index contributed by atoms with van der Waals surface area (Å²) >= 11 is 0. The van der Waals surface area contributed by atoms with Crippen molar-refractivity contribution in [3.05, 3.63) is 23.9 Å². The van der Waals surface area contributed by atoms with E-state index >= 15 is 0 Å². The maximum atomic E-state index is 5.57. The fourth-order valence-electron chi connectivity index (χ4n) is 1.85. The number of nitrogens with zero attached hydrogens (tertiary/aromatic N) is 2. The summed E-state index contributed by atoms with van der Waals surface area (Å²) in [6.45, 7) is 6.59. The minimum absolute atomic E-state index is 0.287. The molecule has 0 spiro atoms. The van der Waals surface area contributed by atoms with Gasteiger partial charge in [-0.3, -0.25) is 0 Å². The molecule has 0 atom stereocenters. The van der Waals surface area contributed by atoms with E-state index in [4.69, 9.17) is 4.74 Å². The number of nitrogens with one attached hydrogen (secondary N) is 1. The van der Waals surface area contributed by atoms with E-state index in [1.807, 2.05) is 0 Å². The van der Waals surface area contributed by atoms with Crippen molar-refractivity contribution in [3.8, 4) is 0 Å². The average molecular weight is 263 g/mol. The monoisotopic (exact) mass is 263 g/mol. The van der Waals surface area contributed by atoms with Gasteiger partial charge in [0.2, 0.25) is 0 Å². The molecule has 0 radical (unpaired) electrons. The molecule has 1 saturated carbocycles. The molecule has 1 aromatic heterocycles. The third-order valence-electron chi connectivity index (χ3n) is 3.21. The molecule has 1 aromatic rings. The number of pyridine rings is 1. The van der Waals surface area contributed by atoms with Crippen molar-refractivity contribution in [2.75, 3.05) is 25.1 Å². The minimum Gasteiger partial charge on any atom is -0.377 e. The summed E-state index contributed by atoms with van der Waals surface area (Å²) in [5.74, 6) is 1.02. The van der Waals surface area contributed by atoms with Gasteiger partial charge in [-0.15, -0.1) is 0 Å². The van der Waals surface area contributed by atoms with Crippen molar-refractivity contribution in [3.63, 3.8) is 0 Å². The molecule has 1 heterocycles. The molecule has 1 N–H and O–H groups in total. The third-order valence-corrected chi connectivity index (χ3v) is 3.21. The van der Waals surface area contributed by atoms with E-state index in [0.29, 0.717) is 0 Å². The zero-order valence-electron chi connectivity index (χ0n) is 12.2. The molecular weight excluding hydrogens is 238 g/mol. The van der Waals surface area contributed by atoms with Crippen molar-refractivity contribution >= 4 is 5.82 Å². The van der Waals surface area contributed by atoms with Crippen LogP contribution >= 0.6 is 0 Å². The Balaban J connectivity index is 1.81. The highest BCUT2D eigenvalue weighted by Crippen LogP contribution is 2.19. The minimum atomic E-state index is 0.287. The van der Waals surface area contributed by atoms with Gasteiger partial charge >= 0.3 is 0 Å². The molecule has 0 saturated heterocycles. The lowest BCUT2D eigenvalue weighted by Gasteiger charge is -2.19. The molecule has 0 aliphatic heterocycles. The highest BCUT2D eigenvalue weighted by atomic mass is 16.5. The standard InChI is InChI=1S/C15H25N3O/c1-12(2)19-10-9-18(3)15-6-4-5-14(17-15)11-16-13-7-8-13/h4-6,12-13,16H,7-11H2,1-3H3. The van der Waals surface area contributed by atoms with Gasteiger partial charge in [0.15, 0.2) is 0 Å². The second-order valence-corrected chi connectivity index (χ2v) is 5.48. The fourth-order valence-corrected chi connectivity index (χ4v) is 1.85. The smallest absolute Gasteiger partial charge is 0.128 e. The van der Waals surface area contributed by atoms with Gasteiger partial charge in [0.05, 0.1) is 18.4 Å². The summed E-state index contributed by atoms with van der Waals surface area (Å²) < 4.78 is 5.57. The molecule has 4 heteroatoms. The van der Waals surface area contributed by atoms with Crippen LogP contribution in [-0.4, -0.2) is 37.3 Å². The van der Waals surface area contributed by atoms with Gasteiger partial charge in [-0.05, 0) is 38.8 Å². The first-order valence-electron chi connectivity index (χ1n) is 7.17. The Labute approximate surface area is 116 Å². The van der Waals surface area contributed by atoms with Crippen LogP contribution in [0.5, 0.6) is 0 Å². The van der Waals surface area contributed by atoms with Crippen LogP contribution in [0, 0.1) is 0 Å². The SMILES string of the molecule is CC(C)OCCN(C)c1cccc(CNC2CC2)n1. The third kappa shape index (κ3) is 5.17. The van der Waals surface area contributed by atoms with Crippen LogP contribution in [0.1, 0.15) is 32.4 Å². The maximum Gasteiger partial charge on any atom is 0.128 e. The van der Waals surface area contributed by atoms with Crippen molar-refractivity contribution in [2.24, 2.45) is 0 Å². The Morgan fingerprint density at radius 3 is 2.89 bits per heavy atom.